The van der Waals surface area contributed by atoms with Crippen molar-refractivity contribution in [3.8, 4) is 17.8 Å². The fourth-order valence-corrected chi connectivity index (χ4v) is 4.57. The minimum atomic E-state index is -0.628. The Kier molecular flexibility index (Phi) is 6.65. The minimum absolute atomic E-state index is 0.0850. The Labute approximate surface area is 208 Å². The third-order valence-electron chi connectivity index (χ3n) is 6.44. The largest absolute Gasteiger partial charge is 0.421 e. The molecule has 2 aliphatic heterocycles. The number of anilines is 2. The minimum Gasteiger partial charge on any atom is -0.421 e. The van der Waals surface area contributed by atoms with Crippen molar-refractivity contribution in [3.63, 3.8) is 0 Å². The summed E-state index contributed by atoms with van der Waals surface area (Å²) in [6.07, 6.45) is 4.45. The van der Waals surface area contributed by atoms with E-state index >= 15 is 4.39 Å². The van der Waals surface area contributed by atoms with Crippen LogP contribution in [0.3, 0.4) is 0 Å². The Bertz CT molecular complexity index is 1320. The Morgan fingerprint density at radius 2 is 1.89 bits per heavy atom. The van der Waals surface area contributed by atoms with Gasteiger partial charge >= 0.3 is 6.01 Å². The summed E-state index contributed by atoms with van der Waals surface area (Å²) in [7, 11) is 0. The molecule has 3 heterocycles. The fourth-order valence-electron chi connectivity index (χ4n) is 4.57. The van der Waals surface area contributed by atoms with Crippen LogP contribution in [0.15, 0.2) is 34.3 Å². The second kappa shape index (κ2) is 10.0. The van der Waals surface area contributed by atoms with E-state index in [1.54, 1.807) is 12.1 Å². The highest BCUT2D eigenvalue weighted by Crippen LogP contribution is 2.36. The quantitative estimate of drug-likeness (QED) is 0.644. The van der Waals surface area contributed by atoms with Gasteiger partial charge in [0.1, 0.15) is 23.3 Å². The van der Waals surface area contributed by atoms with Crippen LogP contribution in [0.5, 0.6) is 11.8 Å². The number of amidine groups is 1. The SMILES string of the molecule is CC1=CC(Nc2cc(N3CCN(CCC#N)CC3)nc(Oc3cc(F)c4c(c3F)C=C(C)C4)n2)=NC1. The predicted molar refractivity (Wildman–Crippen MR) is 134 cm³/mol. The van der Waals surface area contributed by atoms with Gasteiger partial charge < -0.3 is 15.0 Å². The summed E-state index contributed by atoms with van der Waals surface area (Å²) in [6.45, 7) is 8.15. The molecule has 0 saturated carbocycles. The van der Waals surface area contributed by atoms with Crippen LogP contribution in [0.4, 0.5) is 20.4 Å². The number of benzene rings is 1. The molecule has 0 unspecified atom stereocenters. The first-order valence-corrected chi connectivity index (χ1v) is 12.0. The lowest BCUT2D eigenvalue weighted by Crippen LogP contribution is -2.46. The Morgan fingerprint density at radius 1 is 1.08 bits per heavy atom. The number of allylic oxidation sites excluding steroid dienone is 1. The van der Waals surface area contributed by atoms with Crippen molar-refractivity contribution in [1.82, 2.24) is 14.9 Å². The highest BCUT2D eigenvalue weighted by atomic mass is 19.1. The van der Waals surface area contributed by atoms with Gasteiger partial charge in [-0.15, -0.1) is 0 Å². The third kappa shape index (κ3) is 5.06. The smallest absolute Gasteiger partial charge is 0.326 e. The monoisotopic (exact) mass is 491 g/mol. The van der Waals surface area contributed by atoms with Crippen molar-refractivity contribution in [2.75, 3.05) is 49.5 Å². The fraction of sp³-hybridized carbons (Fsp3) is 0.385. The number of piperazine rings is 1. The summed E-state index contributed by atoms with van der Waals surface area (Å²) in [6, 6.07) is 4.96. The molecule has 0 amide bonds. The number of ether oxygens (including phenoxy) is 1. The van der Waals surface area contributed by atoms with Gasteiger partial charge in [0, 0.05) is 62.4 Å². The van der Waals surface area contributed by atoms with Crippen LogP contribution in [0.1, 0.15) is 31.4 Å². The molecule has 36 heavy (non-hydrogen) atoms. The summed E-state index contributed by atoms with van der Waals surface area (Å²) < 4.78 is 35.7. The zero-order valence-electron chi connectivity index (χ0n) is 20.3. The van der Waals surface area contributed by atoms with Gasteiger partial charge in [0.25, 0.3) is 0 Å². The number of hydrogen-bond donors (Lipinski definition) is 1. The Morgan fingerprint density at radius 3 is 2.61 bits per heavy atom. The summed E-state index contributed by atoms with van der Waals surface area (Å²) in [4.78, 5) is 17.7. The topological polar surface area (TPSA) is 89.7 Å². The maximum absolute atomic E-state index is 15.2. The van der Waals surface area contributed by atoms with Gasteiger partial charge in [-0.2, -0.15) is 15.2 Å². The second-order valence-corrected chi connectivity index (χ2v) is 9.28. The molecule has 186 valence electrons. The van der Waals surface area contributed by atoms with Crippen LogP contribution >= 0.6 is 0 Å². The van der Waals surface area contributed by atoms with Crippen molar-refractivity contribution in [3.05, 3.63) is 52.1 Å². The third-order valence-corrected chi connectivity index (χ3v) is 6.44. The van der Waals surface area contributed by atoms with Gasteiger partial charge in [0.15, 0.2) is 11.6 Å². The number of aromatic nitrogens is 2. The van der Waals surface area contributed by atoms with E-state index in [0.717, 1.165) is 36.8 Å². The molecular formula is C26H27F2N7O. The molecule has 0 spiro atoms. The van der Waals surface area contributed by atoms with Crippen LogP contribution in [-0.2, 0) is 6.42 Å². The average molecular weight is 492 g/mol. The molecule has 1 aliphatic carbocycles. The molecular weight excluding hydrogens is 464 g/mol. The molecule has 10 heteroatoms. The zero-order chi connectivity index (χ0) is 25.2. The summed E-state index contributed by atoms with van der Waals surface area (Å²) in [5.41, 5.74) is 2.56. The van der Waals surface area contributed by atoms with E-state index in [-0.39, 0.29) is 17.3 Å². The van der Waals surface area contributed by atoms with Crippen molar-refractivity contribution in [1.29, 1.82) is 5.26 Å². The molecule has 3 aliphatic rings. The van der Waals surface area contributed by atoms with Gasteiger partial charge in [-0.1, -0.05) is 11.6 Å². The molecule has 8 nitrogen and oxygen atoms in total. The van der Waals surface area contributed by atoms with Crippen LogP contribution in [-0.4, -0.2) is 60.0 Å². The molecule has 2 aromatic rings. The van der Waals surface area contributed by atoms with Crippen molar-refractivity contribution in [2.45, 2.75) is 26.7 Å². The van der Waals surface area contributed by atoms with Crippen LogP contribution in [0.25, 0.3) is 6.08 Å². The summed E-state index contributed by atoms with van der Waals surface area (Å²) in [5.74, 6) is 0.328. The first-order valence-electron chi connectivity index (χ1n) is 12.0. The van der Waals surface area contributed by atoms with Gasteiger partial charge in [-0.3, -0.25) is 9.89 Å². The average Bonchev–Trinajstić information content (AvgIpc) is 3.46. The maximum Gasteiger partial charge on any atom is 0.326 e. The number of nitriles is 1. The van der Waals surface area contributed by atoms with E-state index in [9.17, 15) is 4.39 Å². The molecule has 1 saturated heterocycles. The molecule has 1 aromatic carbocycles. The standard InChI is InChI=1S/C26H27F2N7O/c1-16-10-18-19(11-16)25(28)21(13-20(18)27)36-26-32-23(31-22-12-17(2)15-30-22)14-24(33-26)35-8-6-34(7-9-35)5-3-4-29/h11-14H,3,5-10,15H2,1-2H3,(H,30,31,32,33). The van der Waals surface area contributed by atoms with E-state index in [0.29, 0.717) is 55.5 Å². The van der Waals surface area contributed by atoms with Gasteiger partial charge in [-0.05, 0) is 31.9 Å². The molecule has 1 fully saturated rings. The van der Waals surface area contributed by atoms with E-state index in [2.05, 4.69) is 36.1 Å². The molecule has 1 aromatic heterocycles. The number of nitrogens with one attached hydrogen (secondary N) is 1. The van der Waals surface area contributed by atoms with E-state index in [1.807, 2.05) is 19.9 Å². The molecule has 0 bridgehead atoms. The molecule has 0 atom stereocenters. The number of nitrogens with zero attached hydrogens (tertiary/aromatic N) is 6. The van der Waals surface area contributed by atoms with Gasteiger partial charge in [-0.25, -0.2) is 8.78 Å². The summed E-state index contributed by atoms with van der Waals surface area (Å²) in [5, 5.41) is 12.0. The number of hydrogen-bond acceptors (Lipinski definition) is 8. The molecule has 0 radical (unpaired) electrons. The maximum atomic E-state index is 15.2. The second-order valence-electron chi connectivity index (χ2n) is 9.28. The van der Waals surface area contributed by atoms with Crippen LogP contribution in [0, 0.1) is 23.0 Å². The molecule has 1 N–H and O–H groups in total. The van der Waals surface area contributed by atoms with E-state index < -0.39 is 11.6 Å². The first-order chi connectivity index (χ1) is 17.4. The molecule has 5 rings (SSSR count). The van der Waals surface area contributed by atoms with Gasteiger partial charge in [0.2, 0.25) is 0 Å². The van der Waals surface area contributed by atoms with E-state index in [1.165, 1.54) is 0 Å². The van der Waals surface area contributed by atoms with Gasteiger partial charge in [0.05, 0.1) is 12.6 Å². The highest BCUT2D eigenvalue weighted by Gasteiger charge is 2.25. The number of rotatable bonds is 6. The predicted octanol–water partition coefficient (Wildman–Crippen LogP) is 4.31. The van der Waals surface area contributed by atoms with Crippen molar-refractivity contribution in [2.24, 2.45) is 4.99 Å². The number of halogens is 2. The van der Waals surface area contributed by atoms with Crippen molar-refractivity contribution < 1.29 is 13.5 Å². The van der Waals surface area contributed by atoms with Crippen molar-refractivity contribution >= 4 is 23.5 Å². The summed E-state index contributed by atoms with van der Waals surface area (Å²) >= 11 is 0. The lowest BCUT2D eigenvalue weighted by atomic mass is 10.1. The first kappa shape index (κ1) is 23.9. The Balaban J connectivity index is 1.43. The normalized spacial score (nSPS) is 17.3. The highest BCUT2D eigenvalue weighted by molar-refractivity contribution is 6.05. The Hall–Kier alpha value is -3.84. The lowest BCUT2D eigenvalue weighted by molar-refractivity contribution is 0.262. The zero-order valence-corrected chi connectivity index (χ0v) is 20.3. The number of fused-ring (bicyclic) bond motifs is 1. The number of aliphatic imine (C=N–C) groups is 1. The van der Waals surface area contributed by atoms with Crippen LogP contribution < -0.4 is 15.0 Å². The lowest BCUT2D eigenvalue weighted by Gasteiger charge is -2.35. The van der Waals surface area contributed by atoms with E-state index in [4.69, 9.17) is 10.00 Å². The van der Waals surface area contributed by atoms with Crippen LogP contribution in [0.2, 0.25) is 0 Å².